The first-order valence-electron chi connectivity index (χ1n) is 12.0. The molecule has 0 saturated heterocycles. The van der Waals surface area contributed by atoms with Gasteiger partial charge in [-0.1, -0.05) is 71.2 Å². The maximum atomic E-state index is 12.7. The summed E-state index contributed by atoms with van der Waals surface area (Å²) in [6.45, 7) is 8.43. The van der Waals surface area contributed by atoms with Gasteiger partial charge < -0.3 is 18.9 Å². The Kier molecular flexibility index (Phi) is 9.85. The van der Waals surface area contributed by atoms with Gasteiger partial charge in [0.05, 0.1) is 16.6 Å². The number of pyridine rings is 1. The molecule has 0 unspecified atom stereocenters. The summed E-state index contributed by atoms with van der Waals surface area (Å²) in [5.74, 6) is -2.44. The summed E-state index contributed by atoms with van der Waals surface area (Å²) in [6.07, 6.45) is 0. The molecule has 4 aromatic rings. The Bertz CT molecular complexity index is 1640. The first-order chi connectivity index (χ1) is 20.2. The van der Waals surface area contributed by atoms with E-state index in [0.29, 0.717) is 15.6 Å². The van der Waals surface area contributed by atoms with Crippen molar-refractivity contribution in [3.8, 4) is 40.5 Å². The number of carbonyl (C=O) groups excluding carboxylic acids is 2. The second kappa shape index (κ2) is 13.7. The van der Waals surface area contributed by atoms with Crippen LogP contribution in [-0.4, -0.2) is 30.1 Å². The van der Waals surface area contributed by atoms with Gasteiger partial charge in [0.25, 0.3) is 5.69 Å². The lowest BCUT2D eigenvalue weighted by atomic mass is 10.00. The van der Waals surface area contributed by atoms with E-state index in [1.165, 1.54) is 18.2 Å². The summed E-state index contributed by atoms with van der Waals surface area (Å²) >= 11 is 18.1. The van der Waals surface area contributed by atoms with E-state index < -0.39 is 36.9 Å². The number of hydrogen-bond donors (Lipinski definition) is 0. The number of ether oxygens (including phenoxy) is 4. The van der Waals surface area contributed by atoms with Gasteiger partial charge >= 0.3 is 11.9 Å². The average Bonchev–Trinajstić information content (AvgIpc) is 2.96. The summed E-state index contributed by atoms with van der Waals surface area (Å²) in [7, 11) is 0. The van der Waals surface area contributed by atoms with Gasteiger partial charge in [-0.3, -0.25) is 0 Å². The Morgan fingerprint density at radius 2 is 1.48 bits per heavy atom. The number of hydrogen-bond acceptors (Lipinski definition) is 8. The van der Waals surface area contributed by atoms with Crippen LogP contribution < -0.4 is 18.9 Å². The van der Waals surface area contributed by atoms with Crippen LogP contribution in [0.15, 0.2) is 66.7 Å². The molecular weight excluding hydrogens is 605 g/mol. The third-order valence-electron chi connectivity index (χ3n) is 5.49. The molecule has 0 amide bonds. The third kappa shape index (κ3) is 7.28. The second-order valence-electron chi connectivity index (χ2n) is 8.44. The summed E-state index contributed by atoms with van der Waals surface area (Å²) in [4.78, 5) is 33.0. The highest BCUT2D eigenvalue weighted by Crippen LogP contribution is 2.43. The number of benzene rings is 3. The standard InChI is InChI=1S/C30H18Cl3N3O6/c1-17-8-10-23(21(32)12-17)39-15-25(37)41-29-20(14-34)27(18-6-4-3-5-7-18)28(35-2)30(36-29)42-26(38)16-40-24-11-9-19(31)13-22(24)33/h3-13H,15-16H2,1H3. The molecule has 1 heterocycles. The monoisotopic (exact) mass is 621 g/mol. The zero-order valence-electron chi connectivity index (χ0n) is 21.7. The molecule has 0 spiro atoms. The molecule has 4 rings (SSSR count). The van der Waals surface area contributed by atoms with E-state index in [0.717, 1.165) is 5.56 Å². The first kappa shape index (κ1) is 30.2. The van der Waals surface area contributed by atoms with Crippen LogP contribution in [-0.2, 0) is 9.59 Å². The Balaban J connectivity index is 1.64. The van der Waals surface area contributed by atoms with Crippen molar-refractivity contribution in [2.45, 2.75) is 6.92 Å². The lowest BCUT2D eigenvalue weighted by Gasteiger charge is -2.15. The minimum Gasteiger partial charge on any atom is -0.480 e. The highest BCUT2D eigenvalue weighted by atomic mass is 35.5. The fraction of sp³-hybridized carbons (Fsp3) is 0.100. The summed E-state index contributed by atoms with van der Waals surface area (Å²) in [6, 6.07) is 19.8. The number of nitrogens with zero attached hydrogens (tertiary/aromatic N) is 3. The highest BCUT2D eigenvalue weighted by molar-refractivity contribution is 6.35. The van der Waals surface area contributed by atoms with Crippen LogP contribution in [0.3, 0.4) is 0 Å². The number of aromatic nitrogens is 1. The Morgan fingerprint density at radius 3 is 2.05 bits per heavy atom. The predicted octanol–water partition coefficient (Wildman–Crippen LogP) is 7.41. The van der Waals surface area contributed by atoms with Crippen molar-refractivity contribution in [1.82, 2.24) is 4.98 Å². The summed E-state index contributed by atoms with van der Waals surface area (Å²) in [5, 5.41) is 10.8. The molecule has 0 aliphatic rings. The van der Waals surface area contributed by atoms with E-state index in [4.69, 9.17) is 60.3 Å². The Hall–Kier alpha value is -4.80. The molecule has 0 aliphatic heterocycles. The van der Waals surface area contributed by atoms with Crippen LogP contribution in [0.1, 0.15) is 11.1 Å². The van der Waals surface area contributed by atoms with E-state index in [9.17, 15) is 14.9 Å². The van der Waals surface area contributed by atoms with E-state index >= 15 is 0 Å². The molecular formula is C30H18Cl3N3O6. The van der Waals surface area contributed by atoms with Gasteiger partial charge in [0.15, 0.2) is 13.2 Å². The zero-order valence-corrected chi connectivity index (χ0v) is 24.0. The molecule has 0 aliphatic carbocycles. The SMILES string of the molecule is [C-]#[N+]c1c(OC(=O)COc2ccc(Cl)cc2Cl)nc(OC(=O)COc2ccc(C)cc2Cl)c(C#N)c1-c1ccccc1. The van der Waals surface area contributed by atoms with Gasteiger partial charge in [0.1, 0.15) is 23.1 Å². The smallest absolute Gasteiger partial charge is 0.350 e. The van der Waals surface area contributed by atoms with Gasteiger partial charge in [-0.15, -0.1) is 0 Å². The second-order valence-corrected chi connectivity index (χ2v) is 9.70. The van der Waals surface area contributed by atoms with Crippen LogP contribution in [0.5, 0.6) is 23.3 Å². The molecule has 0 fully saturated rings. The van der Waals surface area contributed by atoms with Crippen molar-refractivity contribution < 1.29 is 28.5 Å². The van der Waals surface area contributed by atoms with E-state index in [2.05, 4.69) is 9.83 Å². The number of nitriles is 1. The van der Waals surface area contributed by atoms with E-state index in [1.807, 2.05) is 13.0 Å². The number of aryl methyl sites for hydroxylation is 1. The molecule has 0 saturated carbocycles. The van der Waals surface area contributed by atoms with Crippen molar-refractivity contribution in [2.24, 2.45) is 0 Å². The molecule has 9 nitrogen and oxygen atoms in total. The van der Waals surface area contributed by atoms with Gasteiger partial charge in [-0.05, 0) is 48.4 Å². The number of rotatable bonds is 9. The molecule has 12 heteroatoms. The highest BCUT2D eigenvalue weighted by Gasteiger charge is 2.27. The molecule has 0 bridgehead atoms. The molecule has 0 N–H and O–H groups in total. The molecule has 210 valence electrons. The van der Waals surface area contributed by atoms with Crippen molar-refractivity contribution in [2.75, 3.05) is 13.2 Å². The fourth-order valence-electron chi connectivity index (χ4n) is 3.63. The molecule has 1 aromatic heterocycles. The topological polar surface area (TPSA) is 112 Å². The average molecular weight is 623 g/mol. The molecule has 0 atom stereocenters. The van der Waals surface area contributed by atoms with Crippen LogP contribution >= 0.6 is 34.8 Å². The lowest BCUT2D eigenvalue weighted by Crippen LogP contribution is -2.21. The summed E-state index contributed by atoms with van der Waals surface area (Å²) < 4.78 is 21.6. The Morgan fingerprint density at radius 1 is 0.881 bits per heavy atom. The predicted molar refractivity (Wildman–Crippen MR) is 156 cm³/mol. The number of carbonyl (C=O) groups is 2. The fourth-order valence-corrected chi connectivity index (χ4v) is 4.39. The minimum absolute atomic E-state index is 0.0536. The van der Waals surface area contributed by atoms with Gasteiger partial charge in [-0.2, -0.15) is 10.2 Å². The maximum Gasteiger partial charge on any atom is 0.350 e. The van der Waals surface area contributed by atoms with Crippen LogP contribution in [0.2, 0.25) is 15.1 Å². The normalized spacial score (nSPS) is 10.2. The lowest BCUT2D eigenvalue weighted by molar-refractivity contribution is -0.137. The number of halogens is 3. The first-order valence-corrected chi connectivity index (χ1v) is 13.1. The van der Waals surface area contributed by atoms with Crippen molar-refractivity contribution in [3.63, 3.8) is 0 Å². The third-order valence-corrected chi connectivity index (χ3v) is 6.31. The van der Waals surface area contributed by atoms with Crippen LogP contribution in [0, 0.1) is 24.8 Å². The quantitative estimate of drug-likeness (QED) is 0.140. The van der Waals surface area contributed by atoms with Crippen molar-refractivity contribution in [3.05, 3.63) is 104 Å². The van der Waals surface area contributed by atoms with E-state index in [1.54, 1.807) is 48.5 Å². The molecule has 3 aromatic carbocycles. The largest absolute Gasteiger partial charge is 0.480 e. The van der Waals surface area contributed by atoms with Gasteiger partial charge in [-0.25, -0.2) is 14.4 Å². The molecule has 42 heavy (non-hydrogen) atoms. The van der Waals surface area contributed by atoms with Gasteiger partial charge in [0, 0.05) is 10.6 Å². The van der Waals surface area contributed by atoms with Crippen molar-refractivity contribution >= 4 is 52.4 Å². The zero-order chi connectivity index (χ0) is 30.2. The van der Waals surface area contributed by atoms with Crippen LogP contribution in [0.25, 0.3) is 16.0 Å². The number of esters is 2. The van der Waals surface area contributed by atoms with Gasteiger partial charge in [0.2, 0.25) is 11.8 Å². The Labute approximate surface area is 255 Å². The van der Waals surface area contributed by atoms with E-state index in [-0.39, 0.29) is 33.3 Å². The maximum absolute atomic E-state index is 12.7. The summed E-state index contributed by atoms with van der Waals surface area (Å²) in [5.41, 5.74) is 0.896. The van der Waals surface area contributed by atoms with Crippen LogP contribution in [0.4, 0.5) is 5.69 Å². The minimum atomic E-state index is -0.947. The molecule has 0 radical (unpaired) electrons. The van der Waals surface area contributed by atoms with Crippen molar-refractivity contribution in [1.29, 1.82) is 5.26 Å².